The molecule has 7 heterocycles. The molecule has 5 aliphatic heterocycles. The van der Waals surface area contributed by atoms with Gasteiger partial charge in [-0.2, -0.15) is 0 Å². The summed E-state index contributed by atoms with van der Waals surface area (Å²) in [6, 6.07) is 14.1. The van der Waals surface area contributed by atoms with Crippen LogP contribution < -0.4 is 10.6 Å². The maximum atomic E-state index is 13.0. The van der Waals surface area contributed by atoms with Gasteiger partial charge >= 0.3 is 0 Å². The molecule has 0 atom stereocenters. The van der Waals surface area contributed by atoms with E-state index in [2.05, 4.69) is 42.5 Å². The zero-order valence-corrected chi connectivity index (χ0v) is 22.1. The fraction of sp³-hybridized carbons (Fsp3) is 0.414. The molecular formula is C29H34N8O2. The Kier molecular flexibility index (Phi) is 7.46. The van der Waals surface area contributed by atoms with Gasteiger partial charge in [0.05, 0.1) is 24.5 Å². The van der Waals surface area contributed by atoms with Gasteiger partial charge in [-0.1, -0.05) is 12.1 Å². The number of piperazine rings is 1. The van der Waals surface area contributed by atoms with Gasteiger partial charge in [-0.05, 0) is 48.7 Å². The quantitative estimate of drug-likeness (QED) is 0.498. The van der Waals surface area contributed by atoms with Crippen molar-refractivity contribution in [3.05, 3.63) is 66.1 Å². The number of hydrogen-bond acceptors (Lipinski definition) is 8. The van der Waals surface area contributed by atoms with Gasteiger partial charge in [0.2, 0.25) is 17.8 Å². The second-order valence-corrected chi connectivity index (χ2v) is 10.6. The Labute approximate surface area is 228 Å². The number of pyridine rings is 1. The van der Waals surface area contributed by atoms with Crippen LogP contribution in [0.15, 0.2) is 54.9 Å². The van der Waals surface area contributed by atoms with E-state index >= 15 is 0 Å². The number of hydrogen-bond donors (Lipinski definition) is 2. The van der Waals surface area contributed by atoms with Crippen LogP contribution in [0.3, 0.4) is 0 Å². The number of anilines is 2. The van der Waals surface area contributed by atoms with Crippen molar-refractivity contribution in [2.75, 3.05) is 51.1 Å². The van der Waals surface area contributed by atoms with Crippen LogP contribution in [-0.4, -0.2) is 87.3 Å². The lowest BCUT2D eigenvalue weighted by molar-refractivity contribution is -0.133. The predicted octanol–water partition coefficient (Wildman–Crippen LogP) is 2.27. The smallest absolute Gasteiger partial charge is 0.234 e. The van der Waals surface area contributed by atoms with Crippen LogP contribution in [0.1, 0.15) is 24.1 Å². The summed E-state index contributed by atoms with van der Waals surface area (Å²) in [5, 5.41) is 6.37. The van der Waals surface area contributed by atoms with Crippen molar-refractivity contribution in [3.8, 4) is 11.3 Å². The van der Waals surface area contributed by atoms with E-state index in [1.807, 2.05) is 35.2 Å². The summed E-state index contributed by atoms with van der Waals surface area (Å²) in [6.45, 7) is 6.05. The minimum Gasteiger partial charge on any atom is -0.353 e. The largest absolute Gasteiger partial charge is 0.353 e. The monoisotopic (exact) mass is 526 g/mol. The Morgan fingerprint density at radius 1 is 0.897 bits per heavy atom. The summed E-state index contributed by atoms with van der Waals surface area (Å²) in [7, 11) is 0. The highest BCUT2D eigenvalue weighted by Crippen LogP contribution is 2.31. The van der Waals surface area contributed by atoms with E-state index in [1.165, 1.54) is 5.56 Å². The van der Waals surface area contributed by atoms with Crippen molar-refractivity contribution in [3.63, 3.8) is 0 Å². The number of benzene rings is 1. The number of nitrogens with zero attached hydrogens (tertiary/aromatic N) is 6. The lowest BCUT2D eigenvalue weighted by Crippen LogP contribution is -2.49. The van der Waals surface area contributed by atoms with Gasteiger partial charge in [-0.25, -0.2) is 9.97 Å². The standard InChI is InChI=1S/C29H34N8O2/c38-27-20-36-14-12-35(13-15-36)18-21-2-1-3-24(16-21)33-29-31-9-8-26(34-29)23-6-7-25(32-17-23)19-37(11-10-30-27)28(39)22-4-5-22/h1-3,6-9,16-17,22H,4-5,10-15,18-20H2,(H,30,38)(H,31,33,34). The number of nitrogens with one attached hydrogen (secondary N) is 2. The molecule has 10 heteroatoms. The Hall–Kier alpha value is -3.89. The SMILES string of the molecule is O=C1CN2CCN(CC2)Cc2cccc(c2)Nc2nccc(n2)-c2ccc(nc2)CN(C(=O)C2CC2)CCN1. The van der Waals surface area contributed by atoms with Crippen LogP contribution in [0.4, 0.5) is 11.6 Å². The highest BCUT2D eigenvalue weighted by Gasteiger charge is 2.33. The summed E-state index contributed by atoms with van der Waals surface area (Å²) in [5.74, 6) is 0.780. The maximum Gasteiger partial charge on any atom is 0.234 e. The molecule has 2 amide bonds. The normalized spacial score (nSPS) is 22.2. The van der Waals surface area contributed by atoms with Crippen LogP contribution in [-0.2, 0) is 22.7 Å². The van der Waals surface area contributed by atoms with Crippen LogP contribution >= 0.6 is 0 Å². The van der Waals surface area contributed by atoms with Crippen LogP contribution in [0.5, 0.6) is 0 Å². The van der Waals surface area contributed by atoms with Gasteiger partial charge in [-0.3, -0.25) is 24.4 Å². The first-order valence-electron chi connectivity index (χ1n) is 13.7. The zero-order chi connectivity index (χ0) is 26.6. The molecule has 1 aliphatic carbocycles. The van der Waals surface area contributed by atoms with Crippen molar-refractivity contribution in [2.45, 2.75) is 25.9 Å². The summed E-state index contributed by atoms with van der Waals surface area (Å²) in [6.07, 6.45) is 5.41. The lowest BCUT2D eigenvalue weighted by Gasteiger charge is -2.34. The van der Waals surface area contributed by atoms with Gasteiger partial charge in [0, 0.05) is 75.4 Å². The second kappa shape index (κ2) is 11.5. The van der Waals surface area contributed by atoms with E-state index in [4.69, 9.17) is 4.98 Å². The molecule has 1 saturated carbocycles. The van der Waals surface area contributed by atoms with Crippen molar-refractivity contribution in [1.82, 2.24) is 35.0 Å². The topological polar surface area (TPSA) is 107 Å². The van der Waals surface area contributed by atoms with Crippen molar-refractivity contribution in [2.24, 2.45) is 5.92 Å². The predicted molar refractivity (Wildman–Crippen MR) is 148 cm³/mol. The summed E-state index contributed by atoms with van der Waals surface area (Å²) < 4.78 is 0. The molecule has 39 heavy (non-hydrogen) atoms. The molecule has 0 radical (unpaired) electrons. The highest BCUT2D eigenvalue weighted by molar-refractivity contribution is 5.81. The molecule has 2 aromatic heterocycles. The Morgan fingerprint density at radius 3 is 2.49 bits per heavy atom. The molecular weight excluding hydrogens is 492 g/mol. The first kappa shape index (κ1) is 25.4. The number of carbonyl (C=O) groups excluding carboxylic acids is 2. The Bertz CT molecular complexity index is 1320. The van der Waals surface area contributed by atoms with Gasteiger partial charge in [0.15, 0.2) is 0 Å². The molecule has 10 nitrogen and oxygen atoms in total. The highest BCUT2D eigenvalue weighted by atomic mass is 16.2. The van der Waals surface area contributed by atoms with Gasteiger partial charge in [0.25, 0.3) is 0 Å². The molecule has 8 bridgehead atoms. The number of rotatable bonds is 1. The molecule has 2 N–H and O–H groups in total. The van der Waals surface area contributed by atoms with E-state index in [1.54, 1.807) is 12.4 Å². The molecule has 0 unspecified atom stereocenters. The average Bonchev–Trinajstić information content (AvgIpc) is 3.79. The maximum absolute atomic E-state index is 13.0. The van der Waals surface area contributed by atoms with E-state index < -0.39 is 0 Å². The van der Waals surface area contributed by atoms with Crippen molar-refractivity contribution < 1.29 is 9.59 Å². The summed E-state index contributed by atoms with van der Waals surface area (Å²) in [5.41, 5.74) is 4.60. The van der Waals surface area contributed by atoms with Gasteiger partial charge in [-0.15, -0.1) is 0 Å². The molecule has 6 aliphatic rings. The molecule has 3 aromatic rings. The Balaban J connectivity index is 1.25. The lowest BCUT2D eigenvalue weighted by atomic mass is 10.1. The minimum absolute atomic E-state index is 0.00442. The van der Waals surface area contributed by atoms with E-state index in [0.29, 0.717) is 32.1 Å². The minimum atomic E-state index is 0.00442. The fourth-order valence-corrected chi connectivity index (χ4v) is 5.13. The molecule has 9 rings (SSSR count). The van der Waals surface area contributed by atoms with Gasteiger partial charge < -0.3 is 15.5 Å². The van der Waals surface area contributed by atoms with Crippen LogP contribution in [0.25, 0.3) is 11.3 Å². The molecule has 2 fully saturated rings. The Morgan fingerprint density at radius 2 is 1.72 bits per heavy atom. The molecule has 0 spiro atoms. The van der Waals surface area contributed by atoms with E-state index in [-0.39, 0.29) is 17.7 Å². The van der Waals surface area contributed by atoms with E-state index in [9.17, 15) is 9.59 Å². The van der Waals surface area contributed by atoms with Crippen LogP contribution in [0.2, 0.25) is 0 Å². The molecule has 202 valence electrons. The summed E-state index contributed by atoms with van der Waals surface area (Å²) >= 11 is 0. The fourth-order valence-electron chi connectivity index (χ4n) is 5.13. The number of amides is 2. The van der Waals surface area contributed by atoms with Crippen molar-refractivity contribution in [1.29, 1.82) is 0 Å². The van der Waals surface area contributed by atoms with Gasteiger partial charge in [0.1, 0.15) is 0 Å². The molecule has 1 saturated heterocycles. The average molecular weight is 527 g/mol. The van der Waals surface area contributed by atoms with Crippen LogP contribution in [0, 0.1) is 5.92 Å². The first-order chi connectivity index (χ1) is 19.1. The summed E-state index contributed by atoms with van der Waals surface area (Å²) in [4.78, 5) is 45.8. The van der Waals surface area contributed by atoms with E-state index in [0.717, 1.165) is 68.2 Å². The number of carbonyl (C=O) groups is 2. The zero-order valence-electron chi connectivity index (χ0n) is 22.1. The third-order valence-electron chi connectivity index (χ3n) is 7.49. The first-order valence-corrected chi connectivity index (χ1v) is 13.7. The van der Waals surface area contributed by atoms with Crippen molar-refractivity contribution >= 4 is 23.5 Å². The third kappa shape index (κ3) is 6.58. The molecule has 1 aromatic carbocycles. The number of aromatic nitrogens is 3. The third-order valence-corrected chi connectivity index (χ3v) is 7.49. The second-order valence-electron chi connectivity index (χ2n) is 10.6.